The highest BCUT2D eigenvalue weighted by molar-refractivity contribution is 6.12. The Morgan fingerprint density at radius 3 is 2.72 bits per heavy atom. The molecule has 0 aromatic heterocycles. The van der Waals surface area contributed by atoms with Gasteiger partial charge in [0.05, 0.1) is 13.1 Å². The van der Waals surface area contributed by atoms with Crippen LogP contribution in [-0.4, -0.2) is 43.0 Å². The van der Waals surface area contributed by atoms with Crippen molar-refractivity contribution < 1.29 is 40.8 Å². The summed E-state index contributed by atoms with van der Waals surface area (Å²) in [4.78, 5) is 17.7. The molecule has 8 heteroatoms. The van der Waals surface area contributed by atoms with Gasteiger partial charge in [0.2, 0.25) is 0 Å². The number of nitrogens with zero attached hydrogens (tertiary/aromatic N) is 1. The van der Waals surface area contributed by atoms with Gasteiger partial charge in [-0.25, -0.2) is 8.78 Å². The van der Waals surface area contributed by atoms with Crippen molar-refractivity contribution in [2.75, 3.05) is 26.2 Å². The Bertz CT molecular complexity index is 863. The number of carboxylic acids is 1. The fraction of sp³-hybridized carbons (Fsp3) is 0.333. The number of halogens is 3. The molecule has 0 bridgehead atoms. The first-order valence-electron chi connectivity index (χ1n) is 9.32. The topological polar surface area (TPSA) is 63.3 Å². The van der Waals surface area contributed by atoms with E-state index >= 15 is 0 Å². The summed E-state index contributed by atoms with van der Waals surface area (Å²) < 4.78 is 27.9. The molecule has 2 N–H and O–H groups in total. The highest BCUT2D eigenvalue weighted by Gasteiger charge is 2.28. The maximum atomic E-state index is 14.3. The van der Waals surface area contributed by atoms with Gasteiger partial charge in [-0.1, -0.05) is 29.4 Å². The second kappa shape index (κ2) is 10.9. The maximum Gasteiger partial charge on any atom is 0.312 e. The standard InChI is InChI=1S/C21H22F2N2O3.ClH/c22-17-7-3-5-15(13-17)20(18-8-1-2-9-19(18)23)24-28-12-11-25-10-4-6-16(14-25)21(26)27;/h1-3,5,7-9,13,16H,4,6,10-12,14H2,(H,26,27);1H/b24-20+;/t16-;/m1./s1. The van der Waals surface area contributed by atoms with E-state index in [0.29, 0.717) is 25.1 Å². The Kier molecular flexibility index (Phi) is 8.54. The Morgan fingerprint density at radius 2 is 2.00 bits per heavy atom. The molecule has 5 nitrogen and oxygen atoms in total. The molecule has 2 aromatic rings. The second-order valence-corrected chi connectivity index (χ2v) is 6.89. The van der Waals surface area contributed by atoms with Gasteiger partial charge in [0.1, 0.15) is 29.8 Å². The first kappa shape index (κ1) is 22.8. The number of carbonyl (C=O) groups is 1. The molecule has 1 aliphatic rings. The average molecular weight is 425 g/mol. The van der Waals surface area contributed by atoms with E-state index in [1.54, 1.807) is 24.3 Å². The van der Waals surface area contributed by atoms with Crippen molar-refractivity contribution in [3.8, 4) is 0 Å². The van der Waals surface area contributed by atoms with Crippen molar-refractivity contribution in [2.24, 2.45) is 11.1 Å². The number of oxime groups is 1. The lowest BCUT2D eigenvalue weighted by atomic mass is 9.98. The Morgan fingerprint density at radius 1 is 1.21 bits per heavy atom. The third-order valence-electron chi connectivity index (χ3n) is 4.90. The van der Waals surface area contributed by atoms with Crippen LogP contribution in [0.3, 0.4) is 0 Å². The molecule has 0 saturated carbocycles. The van der Waals surface area contributed by atoms with E-state index in [9.17, 15) is 13.6 Å². The fourth-order valence-electron chi connectivity index (χ4n) is 3.44. The maximum absolute atomic E-state index is 14.3. The summed E-state index contributed by atoms with van der Waals surface area (Å²) in [5, 5.41) is 13.3. The molecule has 3 rings (SSSR count). The van der Waals surface area contributed by atoms with Crippen LogP contribution in [0.4, 0.5) is 8.78 Å². The van der Waals surface area contributed by atoms with Crippen molar-refractivity contribution in [1.29, 1.82) is 0 Å². The molecular weight excluding hydrogens is 402 g/mol. The highest BCUT2D eigenvalue weighted by Crippen LogP contribution is 2.16. The summed E-state index contributed by atoms with van der Waals surface area (Å²) in [5.74, 6) is -2.00. The van der Waals surface area contributed by atoms with Gasteiger partial charge in [-0.15, -0.1) is 0 Å². The minimum Gasteiger partial charge on any atom is -1.00 e. The van der Waals surface area contributed by atoms with E-state index < -0.39 is 17.6 Å². The van der Waals surface area contributed by atoms with E-state index in [0.717, 1.165) is 17.9 Å². The summed E-state index contributed by atoms with van der Waals surface area (Å²) in [6.45, 7) is 2.31. The number of piperidine rings is 1. The zero-order chi connectivity index (χ0) is 19.9. The van der Waals surface area contributed by atoms with Gasteiger partial charge >= 0.3 is 5.97 Å². The Hall–Kier alpha value is -2.51. The van der Waals surface area contributed by atoms with E-state index in [1.807, 2.05) is 0 Å². The van der Waals surface area contributed by atoms with Crippen molar-refractivity contribution in [1.82, 2.24) is 0 Å². The van der Waals surface area contributed by atoms with Crippen molar-refractivity contribution in [3.05, 3.63) is 71.3 Å². The van der Waals surface area contributed by atoms with E-state index in [2.05, 4.69) is 5.16 Å². The summed E-state index contributed by atoms with van der Waals surface area (Å²) in [7, 11) is 0. The predicted molar refractivity (Wildman–Crippen MR) is 100 cm³/mol. The van der Waals surface area contributed by atoms with Gasteiger partial charge in [0.15, 0.2) is 6.61 Å². The fourth-order valence-corrected chi connectivity index (χ4v) is 3.44. The van der Waals surface area contributed by atoms with Crippen LogP contribution in [-0.2, 0) is 9.63 Å². The van der Waals surface area contributed by atoms with Crippen LogP contribution < -0.4 is 17.3 Å². The lowest BCUT2D eigenvalue weighted by molar-refractivity contribution is -0.907. The molecule has 1 aliphatic heterocycles. The number of nitrogens with one attached hydrogen (secondary N) is 1. The molecule has 0 amide bonds. The van der Waals surface area contributed by atoms with Crippen molar-refractivity contribution >= 4 is 11.7 Å². The van der Waals surface area contributed by atoms with Crippen LogP contribution in [0, 0.1) is 17.6 Å². The highest BCUT2D eigenvalue weighted by atomic mass is 35.5. The molecule has 1 saturated heterocycles. The minimum atomic E-state index is -0.760. The zero-order valence-electron chi connectivity index (χ0n) is 15.8. The monoisotopic (exact) mass is 424 g/mol. The number of aliphatic carboxylic acids is 1. The van der Waals surface area contributed by atoms with Crippen LogP contribution >= 0.6 is 0 Å². The van der Waals surface area contributed by atoms with Crippen LogP contribution in [0.5, 0.6) is 0 Å². The largest absolute Gasteiger partial charge is 1.00 e. The normalized spacial score (nSPS) is 19.3. The minimum absolute atomic E-state index is 0. The number of rotatable bonds is 7. The molecule has 156 valence electrons. The second-order valence-electron chi connectivity index (χ2n) is 6.89. The van der Waals surface area contributed by atoms with Crippen LogP contribution in [0.15, 0.2) is 53.7 Å². The van der Waals surface area contributed by atoms with Crippen LogP contribution in [0.1, 0.15) is 24.0 Å². The summed E-state index contributed by atoms with van der Waals surface area (Å²) >= 11 is 0. The quantitative estimate of drug-likeness (QED) is 0.345. The van der Waals surface area contributed by atoms with Crippen molar-refractivity contribution in [2.45, 2.75) is 12.8 Å². The van der Waals surface area contributed by atoms with Gasteiger partial charge in [-0.2, -0.15) is 0 Å². The molecule has 1 fully saturated rings. The third-order valence-corrected chi connectivity index (χ3v) is 4.90. The summed E-state index contributed by atoms with van der Waals surface area (Å²) in [5.41, 5.74) is 0.861. The molecule has 0 aliphatic carbocycles. The third kappa shape index (κ3) is 6.24. The van der Waals surface area contributed by atoms with Gasteiger partial charge < -0.3 is 27.3 Å². The number of carboxylic acid groups (broad SMARTS) is 1. The average Bonchev–Trinajstić information content (AvgIpc) is 2.69. The van der Waals surface area contributed by atoms with Crippen LogP contribution in [0.25, 0.3) is 0 Å². The number of likely N-dealkylation sites (tertiary alicyclic amines) is 1. The van der Waals surface area contributed by atoms with Gasteiger partial charge in [0, 0.05) is 11.1 Å². The Balaban J connectivity index is 0.00000300. The SMILES string of the molecule is O=C(O)[C@@H]1CCC[NH+](CCO/N=C(\c2cccc(F)c2)c2ccccc2F)C1.[Cl-]. The molecule has 29 heavy (non-hydrogen) atoms. The Labute approximate surface area is 174 Å². The zero-order valence-corrected chi connectivity index (χ0v) is 16.5. The first-order chi connectivity index (χ1) is 13.5. The van der Waals surface area contributed by atoms with E-state index in [-0.39, 0.29) is 36.2 Å². The number of quaternary nitrogens is 1. The molecule has 0 spiro atoms. The van der Waals surface area contributed by atoms with E-state index in [4.69, 9.17) is 9.94 Å². The molecule has 1 unspecified atom stereocenters. The number of hydrogen-bond donors (Lipinski definition) is 2. The van der Waals surface area contributed by atoms with Gasteiger partial charge in [-0.3, -0.25) is 4.79 Å². The molecule has 2 atom stereocenters. The van der Waals surface area contributed by atoms with Gasteiger partial charge in [0.25, 0.3) is 0 Å². The molecular formula is C21H23ClF2N2O3. The predicted octanol–water partition coefficient (Wildman–Crippen LogP) is -0.883. The number of hydrogen-bond acceptors (Lipinski definition) is 3. The number of benzene rings is 2. The lowest BCUT2D eigenvalue weighted by Crippen LogP contribution is -3.14. The van der Waals surface area contributed by atoms with E-state index in [1.165, 1.54) is 24.3 Å². The van der Waals surface area contributed by atoms with Crippen LogP contribution in [0.2, 0.25) is 0 Å². The summed E-state index contributed by atoms with van der Waals surface area (Å²) in [6.07, 6.45) is 1.56. The molecule has 2 aromatic carbocycles. The summed E-state index contributed by atoms with van der Waals surface area (Å²) in [6, 6.07) is 11.9. The molecule has 0 radical (unpaired) electrons. The van der Waals surface area contributed by atoms with Crippen molar-refractivity contribution in [3.63, 3.8) is 0 Å². The molecule has 1 heterocycles. The lowest BCUT2D eigenvalue weighted by Gasteiger charge is -2.27. The smallest absolute Gasteiger partial charge is 0.312 e. The van der Waals surface area contributed by atoms with Gasteiger partial charge in [-0.05, 0) is 37.1 Å². The first-order valence-corrected chi connectivity index (χ1v) is 9.32.